The van der Waals surface area contributed by atoms with Gasteiger partial charge < -0.3 is 9.80 Å². The first kappa shape index (κ1) is 12.3. The van der Waals surface area contributed by atoms with Crippen LogP contribution in [0.5, 0.6) is 0 Å². The van der Waals surface area contributed by atoms with Crippen LogP contribution in [0.4, 0.5) is 4.39 Å². The standard InChI is InChI=1S/C11H13ClFN3O/c1-15-4-6-16(7-5-15)11(17)10-8(13)2-3-9(12)14-10/h2-3H,4-7H2,1H3. The molecule has 6 heteroatoms. The number of halogens is 2. The Labute approximate surface area is 104 Å². The fraction of sp³-hybridized carbons (Fsp3) is 0.455. The Hall–Kier alpha value is -1.20. The molecule has 0 atom stereocenters. The molecule has 1 saturated heterocycles. The van der Waals surface area contributed by atoms with E-state index in [4.69, 9.17) is 11.6 Å². The quantitative estimate of drug-likeness (QED) is 0.711. The Kier molecular flexibility index (Phi) is 3.59. The number of hydrogen-bond acceptors (Lipinski definition) is 3. The van der Waals surface area contributed by atoms with Gasteiger partial charge in [-0.1, -0.05) is 11.6 Å². The van der Waals surface area contributed by atoms with Crippen molar-refractivity contribution in [3.63, 3.8) is 0 Å². The van der Waals surface area contributed by atoms with Gasteiger partial charge in [-0.05, 0) is 19.2 Å². The largest absolute Gasteiger partial charge is 0.335 e. The van der Waals surface area contributed by atoms with Crippen LogP contribution in [0.3, 0.4) is 0 Å². The Morgan fingerprint density at radius 3 is 2.65 bits per heavy atom. The number of nitrogens with zero attached hydrogens (tertiary/aromatic N) is 3. The first-order valence-corrected chi connectivity index (χ1v) is 5.75. The molecule has 1 fully saturated rings. The minimum absolute atomic E-state index is 0.129. The summed E-state index contributed by atoms with van der Waals surface area (Å²) in [6, 6.07) is 2.50. The summed E-state index contributed by atoms with van der Waals surface area (Å²) >= 11 is 5.67. The number of likely N-dealkylation sites (N-methyl/N-ethyl adjacent to an activating group) is 1. The molecule has 2 rings (SSSR count). The van der Waals surface area contributed by atoms with Crippen LogP contribution < -0.4 is 0 Å². The molecular weight excluding hydrogens is 245 g/mol. The Morgan fingerprint density at radius 1 is 1.35 bits per heavy atom. The topological polar surface area (TPSA) is 36.4 Å². The van der Waals surface area contributed by atoms with Gasteiger partial charge in [0.1, 0.15) is 5.15 Å². The minimum Gasteiger partial charge on any atom is -0.335 e. The van der Waals surface area contributed by atoms with Crippen molar-refractivity contribution >= 4 is 17.5 Å². The summed E-state index contributed by atoms with van der Waals surface area (Å²) in [5.41, 5.74) is -0.193. The van der Waals surface area contributed by atoms with Crippen molar-refractivity contribution in [2.45, 2.75) is 0 Å². The highest BCUT2D eigenvalue weighted by molar-refractivity contribution is 6.29. The molecule has 0 aromatic carbocycles. The van der Waals surface area contributed by atoms with Gasteiger partial charge in [-0.25, -0.2) is 9.37 Å². The van der Waals surface area contributed by atoms with Gasteiger partial charge in [0.2, 0.25) is 0 Å². The first-order valence-electron chi connectivity index (χ1n) is 5.38. The van der Waals surface area contributed by atoms with Gasteiger partial charge in [0, 0.05) is 26.2 Å². The summed E-state index contributed by atoms with van der Waals surface area (Å²) in [4.78, 5) is 19.5. The zero-order valence-electron chi connectivity index (χ0n) is 9.49. The number of carbonyl (C=O) groups is 1. The molecule has 1 amide bonds. The molecule has 1 aliphatic rings. The number of hydrogen-bond donors (Lipinski definition) is 0. The Bertz CT molecular complexity index is 433. The van der Waals surface area contributed by atoms with Crippen molar-refractivity contribution in [3.8, 4) is 0 Å². The number of piperazine rings is 1. The molecule has 1 aromatic heterocycles. The maximum Gasteiger partial charge on any atom is 0.275 e. The smallest absolute Gasteiger partial charge is 0.275 e. The maximum atomic E-state index is 13.5. The van der Waals surface area contributed by atoms with Crippen LogP contribution in [0.25, 0.3) is 0 Å². The predicted molar refractivity (Wildman–Crippen MR) is 62.6 cm³/mol. The number of carbonyl (C=O) groups excluding carboxylic acids is 1. The van der Waals surface area contributed by atoms with Crippen molar-refractivity contribution in [2.24, 2.45) is 0 Å². The van der Waals surface area contributed by atoms with E-state index in [-0.39, 0.29) is 10.8 Å². The molecule has 0 bridgehead atoms. The third-order valence-corrected chi connectivity index (χ3v) is 3.02. The van der Waals surface area contributed by atoms with Crippen molar-refractivity contribution < 1.29 is 9.18 Å². The first-order chi connectivity index (χ1) is 8.08. The zero-order chi connectivity index (χ0) is 12.4. The van der Waals surface area contributed by atoms with Crippen LogP contribution in [-0.2, 0) is 0 Å². The molecule has 0 spiro atoms. The summed E-state index contributed by atoms with van der Waals surface area (Å²) in [5.74, 6) is -1.02. The molecular formula is C11H13ClFN3O. The maximum absolute atomic E-state index is 13.5. The van der Waals surface area contributed by atoms with Crippen LogP contribution in [0, 0.1) is 5.82 Å². The molecule has 4 nitrogen and oxygen atoms in total. The van der Waals surface area contributed by atoms with Gasteiger partial charge in [0.25, 0.3) is 5.91 Å². The molecule has 2 heterocycles. The van der Waals surface area contributed by atoms with Crippen LogP contribution in [-0.4, -0.2) is 53.9 Å². The third-order valence-electron chi connectivity index (χ3n) is 2.81. The SMILES string of the molecule is CN1CCN(C(=O)c2nc(Cl)ccc2F)CC1. The van der Waals surface area contributed by atoms with Gasteiger partial charge >= 0.3 is 0 Å². The van der Waals surface area contributed by atoms with Gasteiger partial charge in [-0.3, -0.25) is 4.79 Å². The molecule has 0 saturated carbocycles. The molecule has 1 aromatic rings. The van der Waals surface area contributed by atoms with Crippen LogP contribution >= 0.6 is 11.6 Å². The van der Waals surface area contributed by atoms with Crippen LogP contribution in [0.2, 0.25) is 5.15 Å². The minimum atomic E-state index is -0.627. The van der Waals surface area contributed by atoms with Crippen LogP contribution in [0.1, 0.15) is 10.5 Å². The fourth-order valence-electron chi connectivity index (χ4n) is 1.73. The van der Waals surface area contributed by atoms with E-state index in [9.17, 15) is 9.18 Å². The molecule has 0 aliphatic carbocycles. The second-order valence-corrected chi connectivity index (χ2v) is 4.45. The van der Waals surface area contributed by atoms with Gasteiger partial charge in [-0.15, -0.1) is 0 Å². The summed E-state index contributed by atoms with van der Waals surface area (Å²) in [6.07, 6.45) is 0. The van der Waals surface area contributed by atoms with E-state index in [1.54, 1.807) is 4.90 Å². The highest BCUT2D eigenvalue weighted by Gasteiger charge is 2.24. The van der Waals surface area contributed by atoms with E-state index >= 15 is 0 Å². The van der Waals surface area contributed by atoms with E-state index < -0.39 is 11.7 Å². The van der Waals surface area contributed by atoms with Crippen LogP contribution in [0.15, 0.2) is 12.1 Å². The normalized spacial score (nSPS) is 17.2. The lowest BCUT2D eigenvalue weighted by Gasteiger charge is -2.32. The van der Waals surface area contributed by atoms with E-state index in [0.29, 0.717) is 13.1 Å². The highest BCUT2D eigenvalue weighted by Crippen LogP contribution is 2.13. The number of aromatic nitrogens is 1. The highest BCUT2D eigenvalue weighted by atomic mass is 35.5. The summed E-state index contributed by atoms with van der Waals surface area (Å²) in [5, 5.41) is 0.129. The van der Waals surface area contributed by atoms with Gasteiger partial charge in [0.05, 0.1) is 0 Å². The summed E-state index contributed by atoms with van der Waals surface area (Å²) < 4.78 is 13.5. The Balaban J connectivity index is 2.16. The molecule has 0 radical (unpaired) electrons. The second kappa shape index (κ2) is 4.98. The molecule has 92 valence electrons. The number of amides is 1. The lowest BCUT2D eigenvalue weighted by Crippen LogP contribution is -2.47. The van der Waals surface area contributed by atoms with E-state index in [0.717, 1.165) is 13.1 Å². The summed E-state index contributed by atoms with van der Waals surface area (Å²) in [7, 11) is 1.99. The third kappa shape index (κ3) is 2.73. The summed E-state index contributed by atoms with van der Waals surface area (Å²) in [6.45, 7) is 2.74. The van der Waals surface area contributed by atoms with Gasteiger partial charge in [-0.2, -0.15) is 0 Å². The average Bonchev–Trinajstić information content (AvgIpc) is 2.32. The van der Waals surface area contributed by atoms with Crippen molar-refractivity contribution in [2.75, 3.05) is 33.2 Å². The molecule has 0 unspecified atom stereocenters. The van der Waals surface area contributed by atoms with E-state index in [1.807, 2.05) is 7.05 Å². The number of rotatable bonds is 1. The zero-order valence-corrected chi connectivity index (χ0v) is 10.2. The lowest BCUT2D eigenvalue weighted by atomic mass is 10.2. The van der Waals surface area contributed by atoms with Gasteiger partial charge in [0.15, 0.2) is 11.5 Å². The molecule has 1 aliphatic heterocycles. The molecule has 17 heavy (non-hydrogen) atoms. The van der Waals surface area contributed by atoms with Crippen molar-refractivity contribution in [1.82, 2.24) is 14.8 Å². The number of pyridine rings is 1. The predicted octanol–water partition coefficient (Wildman–Crippen LogP) is 1.26. The molecule has 0 N–H and O–H groups in total. The van der Waals surface area contributed by atoms with E-state index in [2.05, 4.69) is 9.88 Å². The van der Waals surface area contributed by atoms with E-state index in [1.165, 1.54) is 12.1 Å². The average molecular weight is 258 g/mol. The van der Waals surface area contributed by atoms with Crippen molar-refractivity contribution in [1.29, 1.82) is 0 Å². The Morgan fingerprint density at radius 2 is 2.00 bits per heavy atom. The monoisotopic (exact) mass is 257 g/mol. The van der Waals surface area contributed by atoms with Crippen molar-refractivity contribution in [3.05, 3.63) is 28.8 Å². The fourth-order valence-corrected chi connectivity index (χ4v) is 1.88. The second-order valence-electron chi connectivity index (χ2n) is 4.06. The lowest BCUT2D eigenvalue weighted by molar-refractivity contribution is 0.0653.